The van der Waals surface area contributed by atoms with Crippen molar-refractivity contribution < 1.29 is 9.53 Å². The minimum Gasteiger partial charge on any atom is -0.377 e. The summed E-state index contributed by atoms with van der Waals surface area (Å²) in [6.07, 6.45) is 7.89. The summed E-state index contributed by atoms with van der Waals surface area (Å²) in [5.41, 5.74) is 0.128. The molecule has 0 aromatic heterocycles. The molecular formula is C14H22N2O2. The van der Waals surface area contributed by atoms with Crippen LogP contribution in [0.25, 0.3) is 0 Å². The normalized spacial score (nSPS) is 45.7. The zero-order chi connectivity index (χ0) is 12.2. The van der Waals surface area contributed by atoms with Crippen molar-refractivity contribution >= 4 is 6.03 Å². The summed E-state index contributed by atoms with van der Waals surface area (Å²) in [5, 5.41) is 6.33. The van der Waals surface area contributed by atoms with Gasteiger partial charge in [-0.05, 0) is 56.3 Å². The van der Waals surface area contributed by atoms with E-state index in [4.69, 9.17) is 4.74 Å². The van der Waals surface area contributed by atoms with Crippen molar-refractivity contribution in [1.29, 1.82) is 0 Å². The molecule has 4 saturated carbocycles. The van der Waals surface area contributed by atoms with Crippen LogP contribution in [-0.4, -0.2) is 30.8 Å². The molecule has 1 aliphatic heterocycles. The van der Waals surface area contributed by atoms with Gasteiger partial charge in [0.05, 0.1) is 19.3 Å². The summed E-state index contributed by atoms with van der Waals surface area (Å²) < 4.78 is 5.09. The molecule has 2 N–H and O–H groups in total. The van der Waals surface area contributed by atoms with E-state index in [0.717, 1.165) is 17.8 Å². The molecule has 5 rings (SSSR count). The lowest BCUT2D eigenvalue weighted by Gasteiger charge is -2.56. The standard InChI is InChI=1S/C14H22N2O2/c17-13(15-12-7-18-8-12)16-14-4-9-1-10(5-14)3-11(2-9)6-14/h9-12H,1-8H2,(H2,15,16,17). The quantitative estimate of drug-likeness (QED) is 0.783. The lowest BCUT2D eigenvalue weighted by Crippen LogP contribution is -2.63. The molecule has 0 atom stereocenters. The first-order valence-electron chi connectivity index (χ1n) is 7.37. The molecule has 0 spiro atoms. The van der Waals surface area contributed by atoms with Crippen molar-refractivity contribution in [2.24, 2.45) is 17.8 Å². The van der Waals surface area contributed by atoms with Crippen LogP contribution in [0.5, 0.6) is 0 Å². The van der Waals surface area contributed by atoms with Crippen molar-refractivity contribution in [3.63, 3.8) is 0 Å². The zero-order valence-electron chi connectivity index (χ0n) is 10.8. The molecule has 0 aromatic carbocycles. The van der Waals surface area contributed by atoms with E-state index in [1.54, 1.807) is 0 Å². The van der Waals surface area contributed by atoms with Crippen molar-refractivity contribution in [2.75, 3.05) is 13.2 Å². The van der Waals surface area contributed by atoms with Gasteiger partial charge in [0.25, 0.3) is 0 Å². The van der Waals surface area contributed by atoms with E-state index >= 15 is 0 Å². The number of ether oxygens (including phenoxy) is 1. The molecule has 1 saturated heterocycles. The molecule has 0 radical (unpaired) electrons. The van der Waals surface area contributed by atoms with Crippen LogP contribution in [0.4, 0.5) is 4.79 Å². The first kappa shape index (κ1) is 11.1. The minimum absolute atomic E-state index is 0.0326. The Labute approximate surface area is 108 Å². The van der Waals surface area contributed by atoms with Crippen LogP contribution in [0.3, 0.4) is 0 Å². The molecule has 5 fully saturated rings. The number of urea groups is 1. The first-order chi connectivity index (χ1) is 8.71. The number of amides is 2. The smallest absolute Gasteiger partial charge is 0.315 e. The molecular weight excluding hydrogens is 228 g/mol. The van der Waals surface area contributed by atoms with Crippen molar-refractivity contribution in [1.82, 2.24) is 10.6 Å². The second-order valence-corrected chi connectivity index (χ2v) is 7.03. The predicted octanol–water partition coefficient (Wildman–Crippen LogP) is 1.65. The molecule has 4 aliphatic carbocycles. The van der Waals surface area contributed by atoms with Crippen LogP contribution in [0.2, 0.25) is 0 Å². The van der Waals surface area contributed by atoms with Crippen LogP contribution in [0.15, 0.2) is 0 Å². The highest BCUT2D eigenvalue weighted by atomic mass is 16.5. The summed E-state index contributed by atoms with van der Waals surface area (Å²) >= 11 is 0. The van der Waals surface area contributed by atoms with Gasteiger partial charge in [-0.15, -0.1) is 0 Å². The second-order valence-electron chi connectivity index (χ2n) is 7.03. The summed E-state index contributed by atoms with van der Waals surface area (Å²) in [4.78, 5) is 12.1. The van der Waals surface area contributed by atoms with Crippen molar-refractivity contribution in [3.8, 4) is 0 Å². The van der Waals surface area contributed by atoms with E-state index in [2.05, 4.69) is 10.6 Å². The SMILES string of the molecule is O=C(NC1COC1)NC12CC3CC(CC(C3)C1)C2. The van der Waals surface area contributed by atoms with Crippen LogP contribution < -0.4 is 10.6 Å². The van der Waals surface area contributed by atoms with E-state index in [1.807, 2.05) is 0 Å². The molecule has 18 heavy (non-hydrogen) atoms. The van der Waals surface area contributed by atoms with E-state index in [-0.39, 0.29) is 17.6 Å². The van der Waals surface area contributed by atoms with E-state index in [0.29, 0.717) is 13.2 Å². The van der Waals surface area contributed by atoms with Gasteiger partial charge in [-0.25, -0.2) is 4.79 Å². The van der Waals surface area contributed by atoms with Gasteiger partial charge in [0, 0.05) is 5.54 Å². The number of carbonyl (C=O) groups excluding carboxylic acids is 1. The van der Waals surface area contributed by atoms with Gasteiger partial charge in [-0.3, -0.25) is 0 Å². The average molecular weight is 250 g/mol. The number of carbonyl (C=O) groups is 1. The van der Waals surface area contributed by atoms with Gasteiger partial charge in [-0.2, -0.15) is 0 Å². The third-order valence-corrected chi connectivity index (χ3v) is 5.39. The van der Waals surface area contributed by atoms with Gasteiger partial charge in [0.1, 0.15) is 0 Å². The van der Waals surface area contributed by atoms with Crippen LogP contribution >= 0.6 is 0 Å². The van der Waals surface area contributed by atoms with E-state index in [1.165, 1.54) is 38.5 Å². The van der Waals surface area contributed by atoms with Crippen LogP contribution in [0, 0.1) is 17.8 Å². The molecule has 4 nitrogen and oxygen atoms in total. The zero-order valence-corrected chi connectivity index (χ0v) is 10.8. The van der Waals surface area contributed by atoms with Crippen LogP contribution in [-0.2, 0) is 4.74 Å². The Balaban J connectivity index is 1.42. The Morgan fingerprint density at radius 1 is 1.00 bits per heavy atom. The highest BCUT2D eigenvalue weighted by molar-refractivity contribution is 5.75. The summed E-state index contributed by atoms with van der Waals surface area (Å²) in [7, 11) is 0. The Morgan fingerprint density at radius 2 is 1.56 bits per heavy atom. The maximum atomic E-state index is 12.1. The van der Waals surface area contributed by atoms with Gasteiger partial charge < -0.3 is 15.4 Å². The van der Waals surface area contributed by atoms with Crippen molar-refractivity contribution in [3.05, 3.63) is 0 Å². The summed E-state index contributed by atoms with van der Waals surface area (Å²) in [5.74, 6) is 2.63. The second kappa shape index (κ2) is 3.86. The minimum atomic E-state index is 0.0326. The lowest BCUT2D eigenvalue weighted by molar-refractivity contribution is -0.0186. The summed E-state index contributed by atoms with van der Waals surface area (Å²) in [6, 6.07) is 0.268. The predicted molar refractivity (Wildman–Crippen MR) is 67.2 cm³/mol. The molecule has 2 amide bonds. The van der Waals surface area contributed by atoms with Crippen molar-refractivity contribution in [2.45, 2.75) is 50.1 Å². The Hall–Kier alpha value is -0.770. The maximum absolute atomic E-state index is 12.1. The number of hydrogen-bond donors (Lipinski definition) is 2. The fourth-order valence-corrected chi connectivity index (χ4v) is 5.05. The highest BCUT2D eigenvalue weighted by Gasteiger charge is 2.51. The average Bonchev–Trinajstić information content (AvgIpc) is 2.20. The monoisotopic (exact) mass is 250 g/mol. The third-order valence-electron chi connectivity index (χ3n) is 5.39. The Bertz CT molecular complexity index is 330. The number of nitrogens with one attached hydrogen (secondary N) is 2. The first-order valence-corrected chi connectivity index (χ1v) is 7.37. The van der Waals surface area contributed by atoms with Gasteiger partial charge >= 0.3 is 6.03 Å². The van der Waals surface area contributed by atoms with Gasteiger partial charge in [0.15, 0.2) is 0 Å². The molecule has 4 heteroatoms. The molecule has 0 unspecified atom stereocenters. The fourth-order valence-electron chi connectivity index (χ4n) is 5.05. The Kier molecular flexibility index (Phi) is 2.38. The third kappa shape index (κ3) is 1.81. The van der Waals surface area contributed by atoms with E-state index in [9.17, 15) is 4.79 Å². The molecule has 0 aromatic rings. The topological polar surface area (TPSA) is 50.4 Å². The van der Waals surface area contributed by atoms with Gasteiger partial charge in [-0.1, -0.05) is 0 Å². The lowest BCUT2D eigenvalue weighted by atomic mass is 9.53. The van der Waals surface area contributed by atoms with E-state index < -0.39 is 0 Å². The molecule has 1 heterocycles. The summed E-state index contributed by atoms with van der Waals surface area (Å²) in [6.45, 7) is 1.35. The largest absolute Gasteiger partial charge is 0.377 e. The maximum Gasteiger partial charge on any atom is 0.315 e. The molecule has 100 valence electrons. The molecule has 4 bridgehead atoms. The number of rotatable bonds is 2. The fraction of sp³-hybridized carbons (Fsp3) is 0.929. The van der Waals surface area contributed by atoms with Gasteiger partial charge in [0.2, 0.25) is 0 Å². The molecule has 5 aliphatic rings. The Morgan fingerprint density at radius 3 is 2.00 bits per heavy atom. The van der Waals surface area contributed by atoms with Crippen LogP contribution in [0.1, 0.15) is 38.5 Å². The number of hydrogen-bond acceptors (Lipinski definition) is 2. The highest BCUT2D eigenvalue weighted by Crippen LogP contribution is 2.55.